The third kappa shape index (κ3) is 2.90. The Morgan fingerprint density at radius 3 is 2.93 bits per heavy atom. The molecule has 0 radical (unpaired) electrons. The highest BCUT2D eigenvalue weighted by Gasteiger charge is 2.24. The Morgan fingerprint density at radius 2 is 2.04 bits per heavy atom. The van der Waals surface area contributed by atoms with Gasteiger partial charge in [0.05, 0.1) is 16.8 Å². The van der Waals surface area contributed by atoms with Crippen LogP contribution in [-0.2, 0) is 13.0 Å². The summed E-state index contributed by atoms with van der Waals surface area (Å²) in [5.41, 5.74) is 4.49. The molecule has 5 rings (SSSR count). The number of para-hydroxylation sites is 1. The van der Waals surface area contributed by atoms with Gasteiger partial charge in [-0.2, -0.15) is 0 Å². The normalized spacial score (nSPS) is 13.6. The highest BCUT2D eigenvalue weighted by Crippen LogP contribution is 2.29. The quantitative estimate of drug-likeness (QED) is 0.519. The van der Waals surface area contributed by atoms with Gasteiger partial charge >= 0.3 is 0 Å². The number of fused-ring (bicyclic) bond motifs is 2. The lowest BCUT2D eigenvalue weighted by Gasteiger charge is -2.27. The fraction of sp³-hybridized carbons (Fsp3) is 0.136. The van der Waals surface area contributed by atoms with Crippen molar-refractivity contribution in [3.8, 4) is 11.3 Å². The number of benzene rings is 1. The van der Waals surface area contributed by atoms with Crippen LogP contribution in [0.15, 0.2) is 66.3 Å². The molecule has 4 aromatic rings. The lowest BCUT2D eigenvalue weighted by Crippen LogP contribution is -2.35. The van der Waals surface area contributed by atoms with Gasteiger partial charge < -0.3 is 4.90 Å². The Bertz CT molecular complexity index is 1140. The van der Waals surface area contributed by atoms with Crippen LogP contribution in [0.2, 0.25) is 0 Å². The molecule has 1 aromatic carbocycles. The second kappa shape index (κ2) is 6.59. The minimum absolute atomic E-state index is 0.0654. The summed E-state index contributed by atoms with van der Waals surface area (Å²) in [6.07, 6.45) is 4.45. The Balaban J connectivity index is 1.60. The van der Waals surface area contributed by atoms with Crippen molar-refractivity contribution in [3.05, 3.63) is 82.3 Å². The van der Waals surface area contributed by atoms with E-state index in [0.717, 1.165) is 35.1 Å². The average molecular weight is 371 g/mol. The van der Waals surface area contributed by atoms with Gasteiger partial charge in [0.15, 0.2) is 0 Å². The number of carbonyl (C=O) groups excluding carboxylic acids is 1. The van der Waals surface area contributed by atoms with Gasteiger partial charge in [0.1, 0.15) is 0 Å². The van der Waals surface area contributed by atoms with Crippen LogP contribution in [0.3, 0.4) is 0 Å². The third-order valence-corrected chi connectivity index (χ3v) is 6.02. The van der Waals surface area contributed by atoms with Gasteiger partial charge in [-0.3, -0.25) is 9.78 Å². The second-order valence-electron chi connectivity index (χ2n) is 6.66. The summed E-state index contributed by atoms with van der Waals surface area (Å²) in [4.78, 5) is 25.7. The average Bonchev–Trinajstić information content (AvgIpc) is 3.21. The maximum Gasteiger partial charge on any atom is 0.254 e. The highest BCUT2D eigenvalue weighted by atomic mass is 32.1. The van der Waals surface area contributed by atoms with E-state index in [-0.39, 0.29) is 5.91 Å². The number of thiophene rings is 1. The van der Waals surface area contributed by atoms with E-state index >= 15 is 0 Å². The van der Waals surface area contributed by atoms with Crippen LogP contribution in [0.4, 0.5) is 0 Å². The molecule has 4 heterocycles. The summed E-state index contributed by atoms with van der Waals surface area (Å²) < 4.78 is 0. The molecule has 0 spiro atoms. The molecule has 4 nitrogen and oxygen atoms in total. The molecular formula is C22H17N3OS. The largest absolute Gasteiger partial charge is 0.334 e. The molecule has 0 aliphatic carbocycles. The smallest absolute Gasteiger partial charge is 0.254 e. The molecule has 0 N–H and O–H groups in total. The predicted molar refractivity (Wildman–Crippen MR) is 108 cm³/mol. The van der Waals surface area contributed by atoms with Gasteiger partial charge in [0.25, 0.3) is 5.91 Å². The molecule has 0 saturated carbocycles. The number of amides is 1. The molecule has 1 amide bonds. The van der Waals surface area contributed by atoms with Crippen LogP contribution < -0.4 is 0 Å². The number of hydrogen-bond acceptors (Lipinski definition) is 4. The molecule has 27 heavy (non-hydrogen) atoms. The zero-order valence-corrected chi connectivity index (χ0v) is 15.4. The minimum Gasteiger partial charge on any atom is -0.334 e. The Hall–Kier alpha value is -3.05. The molecule has 0 atom stereocenters. The first-order valence-electron chi connectivity index (χ1n) is 8.94. The zero-order chi connectivity index (χ0) is 18.2. The first kappa shape index (κ1) is 16.1. The number of nitrogens with zero attached hydrogens (tertiary/aromatic N) is 3. The first-order chi connectivity index (χ1) is 13.3. The molecular weight excluding hydrogens is 354 g/mol. The molecule has 0 unspecified atom stereocenters. The summed E-state index contributed by atoms with van der Waals surface area (Å²) >= 11 is 1.78. The van der Waals surface area contributed by atoms with Crippen molar-refractivity contribution >= 4 is 28.1 Å². The van der Waals surface area contributed by atoms with Crippen molar-refractivity contribution in [1.29, 1.82) is 0 Å². The predicted octanol–water partition coefficient (Wildman–Crippen LogP) is 4.56. The molecule has 1 aliphatic heterocycles. The van der Waals surface area contributed by atoms with Gasteiger partial charge in [-0.05, 0) is 47.7 Å². The summed E-state index contributed by atoms with van der Waals surface area (Å²) in [6.45, 7) is 1.43. The van der Waals surface area contributed by atoms with E-state index < -0.39 is 0 Å². The number of hydrogen-bond donors (Lipinski definition) is 0. The molecule has 132 valence electrons. The van der Waals surface area contributed by atoms with E-state index in [2.05, 4.69) is 16.4 Å². The topological polar surface area (TPSA) is 46.1 Å². The van der Waals surface area contributed by atoms with Crippen LogP contribution in [0.5, 0.6) is 0 Å². The van der Waals surface area contributed by atoms with Crippen molar-refractivity contribution in [2.45, 2.75) is 13.0 Å². The number of pyridine rings is 2. The Morgan fingerprint density at radius 1 is 1.11 bits per heavy atom. The standard InChI is InChI=1S/C22H17N3OS/c26-22(25-10-7-21-16(14-25)8-11-27-21)18-12-20(15-4-3-9-23-13-15)24-19-6-2-1-5-17(18)19/h1-6,8-9,11-13H,7,10,14H2. The van der Waals surface area contributed by atoms with E-state index in [0.29, 0.717) is 12.1 Å². The van der Waals surface area contributed by atoms with Gasteiger partial charge in [0, 0.05) is 41.3 Å². The summed E-state index contributed by atoms with van der Waals surface area (Å²) in [5.74, 6) is 0.0654. The van der Waals surface area contributed by atoms with Crippen LogP contribution in [0.25, 0.3) is 22.2 Å². The summed E-state index contributed by atoms with van der Waals surface area (Å²) in [5, 5.41) is 3.01. The van der Waals surface area contributed by atoms with Crippen LogP contribution in [-0.4, -0.2) is 27.3 Å². The number of carbonyl (C=O) groups is 1. The van der Waals surface area contributed by atoms with Crippen molar-refractivity contribution < 1.29 is 4.79 Å². The monoisotopic (exact) mass is 371 g/mol. The third-order valence-electron chi connectivity index (χ3n) is 5.00. The maximum absolute atomic E-state index is 13.4. The molecule has 5 heteroatoms. The van der Waals surface area contributed by atoms with E-state index in [9.17, 15) is 4.79 Å². The highest BCUT2D eigenvalue weighted by molar-refractivity contribution is 7.10. The fourth-order valence-electron chi connectivity index (χ4n) is 3.61. The van der Waals surface area contributed by atoms with Crippen LogP contribution in [0.1, 0.15) is 20.8 Å². The minimum atomic E-state index is 0.0654. The van der Waals surface area contributed by atoms with Crippen molar-refractivity contribution in [2.24, 2.45) is 0 Å². The van der Waals surface area contributed by atoms with Crippen LogP contribution in [0, 0.1) is 0 Å². The summed E-state index contributed by atoms with van der Waals surface area (Å²) in [6, 6.07) is 15.7. The molecule has 0 saturated heterocycles. The van der Waals surface area contributed by atoms with E-state index in [4.69, 9.17) is 4.98 Å². The van der Waals surface area contributed by atoms with E-state index in [1.54, 1.807) is 23.7 Å². The van der Waals surface area contributed by atoms with Gasteiger partial charge in [-0.1, -0.05) is 18.2 Å². The fourth-order valence-corrected chi connectivity index (χ4v) is 4.50. The Kier molecular flexibility index (Phi) is 3.94. The van der Waals surface area contributed by atoms with Gasteiger partial charge in [-0.25, -0.2) is 4.98 Å². The second-order valence-corrected chi connectivity index (χ2v) is 7.66. The van der Waals surface area contributed by atoms with Crippen molar-refractivity contribution in [2.75, 3.05) is 6.54 Å². The molecule has 0 fully saturated rings. The number of aromatic nitrogens is 2. The molecule has 0 bridgehead atoms. The number of rotatable bonds is 2. The lowest BCUT2D eigenvalue weighted by atomic mass is 10.0. The molecule has 3 aromatic heterocycles. The van der Waals surface area contributed by atoms with Gasteiger partial charge in [-0.15, -0.1) is 11.3 Å². The SMILES string of the molecule is O=C(c1cc(-c2cccnc2)nc2ccccc12)N1CCc2sccc2C1. The van der Waals surface area contributed by atoms with Crippen LogP contribution >= 0.6 is 11.3 Å². The van der Waals surface area contributed by atoms with Crippen molar-refractivity contribution in [1.82, 2.24) is 14.9 Å². The van der Waals surface area contributed by atoms with E-state index in [1.807, 2.05) is 47.4 Å². The molecule has 1 aliphatic rings. The maximum atomic E-state index is 13.4. The van der Waals surface area contributed by atoms with Gasteiger partial charge in [0.2, 0.25) is 0 Å². The van der Waals surface area contributed by atoms with Crippen molar-refractivity contribution in [3.63, 3.8) is 0 Å². The lowest BCUT2D eigenvalue weighted by molar-refractivity contribution is 0.0738. The van der Waals surface area contributed by atoms with E-state index in [1.165, 1.54) is 10.4 Å². The Labute approximate surface area is 161 Å². The zero-order valence-electron chi connectivity index (χ0n) is 14.6. The first-order valence-corrected chi connectivity index (χ1v) is 9.82. The summed E-state index contributed by atoms with van der Waals surface area (Å²) in [7, 11) is 0.